The molecule has 2 nitrogen and oxygen atoms in total. The van der Waals surface area contributed by atoms with Crippen LogP contribution in [0.1, 0.15) is 5.56 Å². The van der Waals surface area contributed by atoms with Crippen molar-refractivity contribution in [1.29, 1.82) is 0 Å². The maximum absolute atomic E-state index is 13.4. The lowest BCUT2D eigenvalue weighted by Gasteiger charge is -2.08. The van der Waals surface area contributed by atoms with Crippen LogP contribution in [0, 0.1) is 11.6 Å². The van der Waals surface area contributed by atoms with Crippen LogP contribution in [0.25, 0.3) is 0 Å². The Balaban J connectivity index is 1.88. The fraction of sp³-hybridized carbons (Fsp3) is 0.200. The molecule has 0 aliphatic heterocycles. The first kappa shape index (κ1) is 13.3. The van der Waals surface area contributed by atoms with E-state index in [0.717, 1.165) is 23.8 Å². The highest BCUT2D eigenvalue weighted by molar-refractivity contribution is 5.44. The van der Waals surface area contributed by atoms with Crippen LogP contribution in [0.4, 0.5) is 14.5 Å². The van der Waals surface area contributed by atoms with Crippen LogP contribution < -0.4 is 10.1 Å². The SMILES string of the molecule is COc1ccc(CCNc2ccc(F)cc2F)cc1. The summed E-state index contributed by atoms with van der Waals surface area (Å²) in [5.41, 5.74) is 1.44. The first-order valence-electron chi connectivity index (χ1n) is 6.01. The monoisotopic (exact) mass is 263 g/mol. The van der Waals surface area contributed by atoms with Crippen LogP contribution in [0.15, 0.2) is 42.5 Å². The third kappa shape index (κ3) is 3.68. The molecule has 0 heterocycles. The van der Waals surface area contributed by atoms with Gasteiger partial charge < -0.3 is 10.1 Å². The van der Waals surface area contributed by atoms with Crippen molar-refractivity contribution in [2.45, 2.75) is 6.42 Å². The van der Waals surface area contributed by atoms with Crippen molar-refractivity contribution in [3.63, 3.8) is 0 Å². The fourth-order valence-corrected chi connectivity index (χ4v) is 1.77. The van der Waals surface area contributed by atoms with E-state index in [1.165, 1.54) is 12.1 Å². The van der Waals surface area contributed by atoms with E-state index in [2.05, 4.69) is 5.32 Å². The second-order valence-electron chi connectivity index (χ2n) is 4.15. The Bertz CT molecular complexity index is 540. The molecule has 0 fully saturated rings. The third-order valence-corrected chi connectivity index (χ3v) is 2.82. The van der Waals surface area contributed by atoms with Crippen LogP contribution in [0.5, 0.6) is 5.75 Å². The van der Waals surface area contributed by atoms with Gasteiger partial charge in [-0.1, -0.05) is 12.1 Å². The number of hydrogen-bond acceptors (Lipinski definition) is 2. The molecule has 4 heteroatoms. The molecule has 2 rings (SSSR count). The Morgan fingerprint density at radius 1 is 1.05 bits per heavy atom. The van der Waals surface area contributed by atoms with Gasteiger partial charge in [-0.05, 0) is 36.2 Å². The number of ether oxygens (including phenoxy) is 1. The third-order valence-electron chi connectivity index (χ3n) is 2.82. The van der Waals surface area contributed by atoms with Crippen LogP contribution in [0.3, 0.4) is 0 Å². The van der Waals surface area contributed by atoms with Crippen LogP contribution >= 0.6 is 0 Å². The van der Waals surface area contributed by atoms with Crippen molar-refractivity contribution in [2.75, 3.05) is 19.0 Å². The predicted octanol–water partition coefficient (Wildman–Crippen LogP) is 3.63. The fourth-order valence-electron chi connectivity index (χ4n) is 1.77. The maximum atomic E-state index is 13.4. The topological polar surface area (TPSA) is 21.3 Å². The minimum atomic E-state index is -0.574. The van der Waals surface area contributed by atoms with E-state index >= 15 is 0 Å². The molecule has 2 aromatic rings. The summed E-state index contributed by atoms with van der Waals surface area (Å²) in [5, 5.41) is 2.94. The van der Waals surface area contributed by atoms with Gasteiger partial charge in [-0.2, -0.15) is 0 Å². The molecule has 0 aliphatic rings. The maximum Gasteiger partial charge on any atom is 0.149 e. The molecular formula is C15H15F2NO. The Morgan fingerprint density at radius 3 is 2.42 bits per heavy atom. The quantitative estimate of drug-likeness (QED) is 0.889. The molecule has 0 unspecified atom stereocenters. The van der Waals surface area contributed by atoms with E-state index < -0.39 is 11.6 Å². The molecule has 1 N–H and O–H groups in total. The molecule has 0 saturated heterocycles. The minimum absolute atomic E-state index is 0.315. The predicted molar refractivity (Wildman–Crippen MR) is 71.5 cm³/mol. The van der Waals surface area contributed by atoms with Crippen molar-refractivity contribution in [3.8, 4) is 5.75 Å². The molecule has 0 atom stereocenters. The molecular weight excluding hydrogens is 248 g/mol. The van der Waals surface area contributed by atoms with E-state index in [1.54, 1.807) is 7.11 Å². The van der Waals surface area contributed by atoms with E-state index in [-0.39, 0.29) is 0 Å². The highest BCUT2D eigenvalue weighted by Crippen LogP contribution is 2.15. The summed E-state index contributed by atoms with van der Waals surface area (Å²) in [4.78, 5) is 0. The molecule has 0 radical (unpaired) electrons. The summed E-state index contributed by atoms with van der Waals surface area (Å²) in [6.45, 7) is 0.578. The Labute approximate surface area is 111 Å². The van der Waals surface area contributed by atoms with Gasteiger partial charge in [-0.15, -0.1) is 0 Å². The van der Waals surface area contributed by atoms with E-state index in [9.17, 15) is 8.78 Å². The minimum Gasteiger partial charge on any atom is -0.497 e. The Hall–Kier alpha value is -2.10. The zero-order valence-electron chi connectivity index (χ0n) is 10.6. The Kier molecular flexibility index (Phi) is 4.34. The number of methoxy groups -OCH3 is 1. The lowest BCUT2D eigenvalue weighted by Crippen LogP contribution is -2.06. The zero-order chi connectivity index (χ0) is 13.7. The van der Waals surface area contributed by atoms with Gasteiger partial charge in [0, 0.05) is 12.6 Å². The van der Waals surface area contributed by atoms with Crippen LogP contribution in [-0.4, -0.2) is 13.7 Å². The summed E-state index contributed by atoms with van der Waals surface area (Å²) < 4.78 is 31.2. The van der Waals surface area contributed by atoms with Crippen LogP contribution in [-0.2, 0) is 6.42 Å². The highest BCUT2D eigenvalue weighted by Gasteiger charge is 2.02. The molecule has 100 valence electrons. The van der Waals surface area contributed by atoms with Gasteiger partial charge in [0.2, 0.25) is 0 Å². The molecule has 0 bridgehead atoms. The van der Waals surface area contributed by atoms with Crippen molar-refractivity contribution in [2.24, 2.45) is 0 Å². The van der Waals surface area contributed by atoms with Gasteiger partial charge >= 0.3 is 0 Å². The zero-order valence-corrected chi connectivity index (χ0v) is 10.6. The van der Waals surface area contributed by atoms with Crippen molar-refractivity contribution >= 4 is 5.69 Å². The number of rotatable bonds is 5. The summed E-state index contributed by atoms with van der Waals surface area (Å²) in [7, 11) is 1.62. The van der Waals surface area contributed by atoms with Gasteiger partial charge in [0.05, 0.1) is 12.8 Å². The van der Waals surface area contributed by atoms with Crippen molar-refractivity contribution in [1.82, 2.24) is 0 Å². The number of anilines is 1. The summed E-state index contributed by atoms with van der Waals surface area (Å²) >= 11 is 0. The van der Waals surface area contributed by atoms with Crippen molar-refractivity contribution in [3.05, 3.63) is 59.7 Å². The van der Waals surface area contributed by atoms with Gasteiger partial charge in [-0.25, -0.2) is 8.78 Å². The first-order chi connectivity index (χ1) is 9.19. The normalized spacial score (nSPS) is 10.3. The van der Waals surface area contributed by atoms with Gasteiger partial charge in [-0.3, -0.25) is 0 Å². The highest BCUT2D eigenvalue weighted by atomic mass is 19.1. The first-order valence-corrected chi connectivity index (χ1v) is 6.01. The average Bonchev–Trinajstić information content (AvgIpc) is 2.42. The van der Waals surface area contributed by atoms with E-state index in [1.807, 2.05) is 24.3 Å². The van der Waals surface area contributed by atoms with E-state index in [0.29, 0.717) is 12.2 Å². The molecule has 19 heavy (non-hydrogen) atoms. The smallest absolute Gasteiger partial charge is 0.149 e. The summed E-state index contributed by atoms with van der Waals surface area (Å²) in [6.07, 6.45) is 0.751. The molecule has 0 saturated carbocycles. The van der Waals surface area contributed by atoms with Gasteiger partial charge in [0.1, 0.15) is 17.4 Å². The van der Waals surface area contributed by atoms with Gasteiger partial charge in [0.15, 0.2) is 0 Å². The second-order valence-corrected chi connectivity index (χ2v) is 4.15. The molecule has 0 aliphatic carbocycles. The van der Waals surface area contributed by atoms with Crippen molar-refractivity contribution < 1.29 is 13.5 Å². The molecule has 2 aromatic carbocycles. The lowest BCUT2D eigenvalue weighted by atomic mass is 10.1. The molecule has 0 amide bonds. The molecule has 0 spiro atoms. The Morgan fingerprint density at radius 2 is 1.79 bits per heavy atom. The lowest BCUT2D eigenvalue weighted by molar-refractivity contribution is 0.414. The number of hydrogen-bond donors (Lipinski definition) is 1. The van der Waals surface area contributed by atoms with E-state index in [4.69, 9.17) is 4.74 Å². The standard InChI is InChI=1S/C15H15F2NO/c1-19-13-5-2-11(3-6-13)8-9-18-15-7-4-12(16)10-14(15)17/h2-7,10,18H,8-9H2,1H3. The summed E-state index contributed by atoms with van der Waals surface area (Å²) in [5.74, 6) is -0.339. The van der Waals surface area contributed by atoms with Crippen LogP contribution in [0.2, 0.25) is 0 Å². The second kappa shape index (κ2) is 6.18. The summed E-state index contributed by atoms with van der Waals surface area (Å²) in [6, 6.07) is 11.2. The number of benzene rings is 2. The van der Waals surface area contributed by atoms with Gasteiger partial charge in [0.25, 0.3) is 0 Å². The molecule has 0 aromatic heterocycles. The average molecular weight is 263 g/mol. The number of nitrogens with one attached hydrogen (secondary N) is 1. The largest absolute Gasteiger partial charge is 0.497 e. The number of halogens is 2.